The molecule has 0 heterocycles. The predicted octanol–water partition coefficient (Wildman–Crippen LogP) is 2.51. The van der Waals surface area contributed by atoms with Crippen LogP contribution in [0.2, 0.25) is 0 Å². The molecule has 0 saturated heterocycles. The summed E-state index contributed by atoms with van der Waals surface area (Å²) in [6, 6.07) is -0.0193. The van der Waals surface area contributed by atoms with Gasteiger partial charge in [-0.1, -0.05) is 6.92 Å². The smallest absolute Gasteiger partial charge is 0.329 e. The third-order valence-electron chi connectivity index (χ3n) is 5.45. The number of hydrogen-bond donors (Lipinski definition) is 3. The molecule has 5 heteroatoms. The third kappa shape index (κ3) is 3.33. The van der Waals surface area contributed by atoms with Gasteiger partial charge in [0.05, 0.1) is 0 Å². The van der Waals surface area contributed by atoms with Gasteiger partial charge in [0.25, 0.3) is 0 Å². The highest BCUT2D eigenvalue weighted by Gasteiger charge is 2.45. The fourth-order valence-corrected chi connectivity index (χ4v) is 3.58. The van der Waals surface area contributed by atoms with Gasteiger partial charge in [-0.2, -0.15) is 0 Å². The molecule has 2 amide bonds. The van der Waals surface area contributed by atoms with Crippen LogP contribution in [-0.4, -0.2) is 28.7 Å². The molecule has 118 valence electrons. The van der Waals surface area contributed by atoms with E-state index >= 15 is 0 Å². The molecule has 0 radical (unpaired) electrons. The molecule has 0 aromatic carbocycles. The first-order valence-corrected chi connectivity index (χ1v) is 8.32. The summed E-state index contributed by atoms with van der Waals surface area (Å²) in [7, 11) is 0. The molecule has 3 rings (SSSR count). The first kappa shape index (κ1) is 14.7. The maximum atomic E-state index is 12.3. The van der Waals surface area contributed by atoms with Gasteiger partial charge in [-0.3, -0.25) is 0 Å². The van der Waals surface area contributed by atoms with E-state index in [-0.39, 0.29) is 12.1 Å². The fraction of sp³-hybridized carbons (Fsp3) is 0.875. The zero-order valence-electron chi connectivity index (χ0n) is 12.7. The Morgan fingerprint density at radius 1 is 1.05 bits per heavy atom. The largest absolute Gasteiger partial charge is 0.480 e. The van der Waals surface area contributed by atoms with Gasteiger partial charge in [0.15, 0.2) is 0 Å². The van der Waals surface area contributed by atoms with E-state index in [0.29, 0.717) is 30.6 Å². The highest BCUT2D eigenvalue weighted by Crippen LogP contribution is 2.44. The van der Waals surface area contributed by atoms with E-state index in [1.54, 1.807) is 0 Å². The highest BCUT2D eigenvalue weighted by atomic mass is 16.4. The van der Waals surface area contributed by atoms with Crippen molar-refractivity contribution in [3.63, 3.8) is 0 Å². The number of carboxylic acid groups (broad SMARTS) is 1. The summed E-state index contributed by atoms with van der Waals surface area (Å²) in [6.07, 6.45) is 7.59. The van der Waals surface area contributed by atoms with Crippen LogP contribution in [0.1, 0.15) is 58.3 Å². The fourth-order valence-electron chi connectivity index (χ4n) is 3.58. The van der Waals surface area contributed by atoms with Gasteiger partial charge >= 0.3 is 12.0 Å². The summed E-state index contributed by atoms with van der Waals surface area (Å²) in [5, 5.41) is 15.4. The molecule has 5 nitrogen and oxygen atoms in total. The van der Waals surface area contributed by atoms with Crippen LogP contribution in [0.3, 0.4) is 0 Å². The predicted molar refractivity (Wildman–Crippen MR) is 78.9 cm³/mol. The van der Waals surface area contributed by atoms with E-state index in [4.69, 9.17) is 0 Å². The Labute approximate surface area is 125 Å². The molecule has 0 bridgehead atoms. The molecule has 3 aliphatic carbocycles. The van der Waals surface area contributed by atoms with Crippen LogP contribution < -0.4 is 10.6 Å². The lowest BCUT2D eigenvalue weighted by atomic mass is 9.77. The molecule has 0 unspecified atom stereocenters. The second kappa shape index (κ2) is 5.50. The monoisotopic (exact) mass is 294 g/mol. The van der Waals surface area contributed by atoms with Crippen LogP contribution in [0, 0.1) is 17.8 Å². The summed E-state index contributed by atoms with van der Waals surface area (Å²) >= 11 is 0. The van der Waals surface area contributed by atoms with E-state index in [1.165, 1.54) is 25.7 Å². The Morgan fingerprint density at radius 2 is 1.57 bits per heavy atom. The van der Waals surface area contributed by atoms with Gasteiger partial charge in [0.2, 0.25) is 0 Å². The third-order valence-corrected chi connectivity index (χ3v) is 5.45. The zero-order chi connectivity index (χ0) is 15.0. The molecular weight excluding hydrogens is 268 g/mol. The number of carbonyl (C=O) groups is 2. The number of hydrogen-bond acceptors (Lipinski definition) is 2. The summed E-state index contributed by atoms with van der Waals surface area (Å²) in [6.45, 7) is 2.14. The minimum Gasteiger partial charge on any atom is -0.480 e. The molecule has 0 aliphatic heterocycles. The molecule has 0 aromatic rings. The van der Waals surface area contributed by atoms with Crippen LogP contribution in [-0.2, 0) is 4.79 Å². The Kier molecular flexibility index (Phi) is 3.84. The first-order valence-electron chi connectivity index (χ1n) is 8.32. The maximum Gasteiger partial charge on any atom is 0.329 e. The van der Waals surface area contributed by atoms with Crippen LogP contribution in [0.4, 0.5) is 4.79 Å². The second-order valence-corrected chi connectivity index (χ2v) is 7.37. The molecule has 3 N–H and O–H groups in total. The zero-order valence-corrected chi connectivity index (χ0v) is 12.7. The van der Waals surface area contributed by atoms with Gasteiger partial charge in [-0.05, 0) is 69.1 Å². The van der Waals surface area contributed by atoms with Crippen molar-refractivity contribution in [3.8, 4) is 0 Å². The number of urea groups is 1. The number of carbonyl (C=O) groups excluding carboxylic acids is 1. The number of nitrogens with one attached hydrogen (secondary N) is 2. The normalized spacial score (nSPS) is 32.8. The Bertz CT molecular complexity index is 409. The van der Waals surface area contributed by atoms with Crippen molar-refractivity contribution < 1.29 is 14.7 Å². The molecule has 3 aliphatic rings. The molecule has 0 spiro atoms. The molecule has 21 heavy (non-hydrogen) atoms. The number of amides is 2. The highest BCUT2D eigenvalue weighted by molar-refractivity contribution is 5.86. The average molecular weight is 294 g/mol. The van der Waals surface area contributed by atoms with Crippen molar-refractivity contribution in [2.45, 2.75) is 69.9 Å². The molecule has 3 fully saturated rings. The molecule has 0 atom stereocenters. The van der Waals surface area contributed by atoms with E-state index in [0.717, 1.165) is 12.8 Å². The van der Waals surface area contributed by atoms with Crippen molar-refractivity contribution in [2.24, 2.45) is 17.8 Å². The van der Waals surface area contributed by atoms with Crippen LogP contribution >= 0.6 is 0 Å². The summed E-state index contributed by atoms with van der Waals surface area (Å²) in [4.78, 5) is 23.9. The summed E-state index contributed by atoms with van der Waals surface area (Å²) in [5.74, 6) is 0.901. The van der Waals surface area contributed by atoms with Crippen LogP contribution in [0.5, 0.6) is 0 Å². The Morgan fingerprint density at radius 3 is 2.00 bits per heavy atom. The number of aliphatic carboxylic acids is 1. The van der Waals surface area contributed by atoms with Gasteiger partial charge in [0, 0.05) is 6.04 Å². The lowest BCUT2D eigenvalue weighted by molar-refractivity contribution is -0.146. The lowest BCUT2D eigenvalue weighted by Crippen LogP contribution is -2.60. The second-order valence-electron chi connectivity index (χ2n) is 7.37. The minimum atomic E-state index is -1.06. The van der Waals surface area contributed by atoms with Gasteiger partial charge in [0.1, 0.15) is 5.54 Å². The Balaban J connectivity index is 1.59. The molecule has 0 aromatic heterocycles. The number of carboxylic acids is 1. The van der Waals surface area contributed by atoms with E-state index in [2.05, 4.69) is 17.6 Å². The quantitative estimate of drug-likeness (QED) is 0.729. The van der Waals surface area contributed by atoms with Crippen molar-refractivity contribution in [3.05, 3.63) is 0 Å². The topological polar surface area (TPSA) is 78.4 Å². The SMILES string of the molecule is CC1CCC(NC(=O)NC(C2CC2)C2CC2)(C(=O)O)CC1. The standard InChI is InChI=1S/C16H26N2O3/c1-10-6-8-16(9-7-10,14(19)20)18-15(21)17-13(11-2-3-11)12-4-5-12/h10-13H,2-9H2,1H3,(H,19,20)(H2,17,18,21). The van der Waals surface area contributed by atoms with E-state index in [9.17, 15) is 14.7 Å². The van der Waals surface area contributed by atoms with E-state index in [1.807, 2.05) is 0 Å². The van der Waals surface area contributed by atoms with Gasteiger partial charge < -0.3 is 15.7 Å². The van der Waals surface area contributed by atoms with Crippen molar-refractivity contribution >= 4 is 12.0 Å². The number of rotatable bonds is 5. The van der Waals surface area contributed by atoms with Gasteiger partial charge in [-0.25, -0.2) is 9.59 Å². The van der Waals surface area contributed by atoms with Gasteiger partial charge in [-0.15, -0.1) is 0 Å². The van der Waals surface area contributed by atoms with Crippen molar-refractivity contribution in [2.75, 3.05) is 0 Å². The average Bonchev–Trinajstić information content (AvgIpc) is 3.31. The lowest BCUT2D eigenvalue weighted by Gasteiger charge is -2.36. The van der Waals surface area contributed by atoms with Crippen LogP contribution in [0.25, 0.3) is 0 Å². The maximum absolute atomic E-state index is 12.3. The summed E-state index contributed by atoms with van der Waals surface area (Å²) in [5.41, 5.74) is -1.06. The van der Waals surface area contributed by atoms with Crippen LogP contribution in [0.15, 0.2) is 0 Å². The van der Waals surface area contributed by atoms with Crippen molar-refractivity contribution in [1.82, 2.24) is 10.6 Å². The minimum absolute atomic E-state index is 0.262. The van der Waals surface area contributed by atoms with E-state index < -0.39 is 11.5 Å². The summed E-state index contributed by atoms with van der Waals surface area (Å²) < 4.78 is 0. The van der Waals surface area contributed by atoms with Crippen molar-refractivity contribution in [1.29, 1.82) is 0 Å². The molecule has 3 saturated carbocycles. The Hall–Kier alpha value is -1.26. The first-order chi connectivity index (χ1) is 10.00. The molecular formula is C16H26N2O3.